The van der Waals surface area contributed by atoms with E-state index >= 15 is 0 Å². The van der Waals surface area contributed by atoms with Crippen molar-refractivity contribution in [3.8, 4) is 0 Å². The molecule has 2 rings (SSSR count). The zero-order valence-electron chi connectivity index (χ0n) is 10.8. The van der Waals surface area contributed by atoms with Gasteiger partial charge >= 0.3 is 0 Å². The van der Waals surface area contributed by atoms with E-state index in [0.29, 0.717) is 6.04 Å². The molecule has 1 fully saturated rings. The maximum atomic E-state index is 3.70. The van der Waals surface area contributed by atoms with Crippen LogP contribution in [0, 0.1) is 12.8 Å². The molecule has 0 radical (unpaired) electrons. The van der Waals surface area contributed by atoms with Gasteiger partial charge in [0, 0.05) is 10.5 Å². The van der Waals surface area contributed by atoms with Gasteiger partial charge in [0.2, 0.25) is 0 Å². The Balaban J connectivity index is 2.11. The van der Waals surface area contributed by atoms with Gasteiger partial charge in [-0.05, 0) is 55.5 Å². The van der Waals surface area contributed by atoms with Crippen LogP contribution in [0.4, 0.5) is 0 Å². The first-order valence-electron chi connectivity index (χ1n) is 6.70. The SMILES string of the molecule is CCCNC(CC1CC1)c1ccc(Br)cc1C. The second-order valence-electron chi connectivity index (χ2n) is 5.19. The molecule has 1 N–H and O–H groups in total. The van der Waals surface area contributed by atoms with Crippen LogP contribution in [-0.4, -0.2) is 6.54 Å². The third-order valence-corrected chi connectivity index (χ3v) is 4.01. The summed E-state index contributed by atoms with van der Waals surface area (Å²) in [5.74, 6) is 0.965. The summed E-state index contributed by atoms with van der Waals surface area (Å²) in [4.78, 5) is 0. The summed E-state index contributed by atoms with van der Waals surface area (Å²) in [7, 11) is 0. The van der Waals surface area contributed by atoms with Crippen LogP contribution in [0.3, 0.4) is 0 Å². The van der Waals surface area contributed by atoms with Crippen molar-refractivity contribution in [2.45, 2.75) is 45.6 Å². The van der Waals surface area contributed by atoms with Crippen molar-refractivity contribution in [3.05, 3.63) is 33.8 Å². The number of nitrogens with one attached hydrogen (secondary N) is 1. The molecular weight excluding hydrogens is 274 g/mol. The van der Waals surface area contributed by atoms with Crippen LogP contribution in [0.5, 0.6) is 0 Å². The second-order valence-corrected chi connectivity index (χ2v) is 6.10. The lowest BCUT2D eigenvalue weighted by Gasteiger charge is -2.21. The van der Waals surface area contributed by atoms with Crippen molar-refractivity contribution in [2.24, 2.45) is 5.92 Å². The molecule has 2 heteroatoms. The first-order chi connectivity index (χ1) is 8.20. The van der Waals surface area contributed by atoms with Crippen LogP contribution in [0.25, 0.3) is 0 Å². The number of rotatable bonds is 6. The van der Waals surface area contributed by atoms with Gasteiger partial charge in [-0.2, -0.15) is 0 Å². The fourth-order valence-electron chi connectivity index (χ4n) is 2.36. The van der Waals surface area contributed by atoms with Gasteiger partial charge in [0.1, 0.15) is 0 Å². The quantitative estimate of drug-likeness (QED) is 0.809. The van der Waals surface area contributed by atoms with Gasteiger partial charge in [0.05, 0.1) is 0 Å². The molecule has 1 aliphatic rings. The Kier molecular flexibility index (Phi) is 4.63. The molecule has 0 spiro atoms. The third-order valence-electron chi connectivity index (χ3n) is 3.51. The number of halogens is 1. The summed E-state index contributed by atoms with van der Waals surface area (Å²) in [6.45, 7) is 5.57. The average molecular weight is 296 g/mol. The molecule has 0 aliphatic heterocycles. The Labute approximate surface area is 113 Å². The smallest absolute Gasteiger partial charge is 0.0325 e. The largest absolute Gasteiger partial charge is 0.310 e. The molecule has 1 atom stereocenters. The summed E-state index contributed by atoms with van der Waals surface area (Å²) in [6.07, 6.45) is 5.37. The van der Waals surface area contributed by atoms with E-state index in [1.807, 2.05) is 0 Å². The van der Waals surface area contributed by atoms with Gasteiger partial charge in [-0.1, -0.05) is 41.8 Å². The lowest BCUT2D eigenvalue weighted by atomic mass is 9.97. The van der Waals surface area contributed by atoms with E-state index < -0.39 is 0 Å². The van der Waals surface area contributed by atoms with Crippen molar-refractivity contribution in [1.29, 1.82) is 0 Å². The number of aryl methyl sites for hydroxylation is 1. The summed E-state index contributed by atoms with van der Waals surface area (Å²) in [6, 6.07) is 7.21. The van der Waals surface area contributed by atoms with E-state index in [1.54, 1.807) is 0 Å². The van der Waals surface area contributed by atoms with Crippen LogP contribution in [0.1, 0.15) is 49.8 Å². The Morgan fingerprint density at radius 1 is 1.41 bits per heavy atom. The summed E-state index contributed by atoms with van der Waals surface area (Å²) in [5, 5.41) is 3.70. The minimum atomic E-state index is 0.551. The van der Waals surface area contributed by atoms with Crippen LogP contribution in [0.15, 0.2) is 22.7 Å². The topological polar surface area (TPSA) is 12.0 Å². The van der Waals surface area contributed by atoms with E-state index in [0.717, 1.165) is 12.5 Å². The summed E-state index contributed by atoms with van der Waals surface area (Å²) < 4.78 is 1.18. The van der Waals surface area contributed by atoms with Gasteiger partial charge in [0.25, 0.3) is 0 Å². The molecule has 1 aromatic carbocycles. The highest BCUT2D eigenvalue weighted by Crippen LogP contribution is 2.38. The highest BCUT2D eigenvalue weighted by Gasteiger charge is 2.26. The fourth-order valence-corrected chi connectivity index (χ4v) is 2.83. The fraction of sp³-hybridized carbons (Fsp3) is 0.600. The van der Waals surface area contributed by atoms with Crippen LogP contribution in [-0.2, 0) is 0 Å². The van der Waals surface area contributed by atoms with Crippen LogP contribution >= 0.6 is 15.9 Å². The Hall–Kier alpha value is -0.340. The molecule has 1 aromatic rings. The van der Waals surface area contributed by atoms with E-state index in [-0.39, 0.29) is 0 Å². The maximum absolute atomic E-state index is 3.70. The van der Waals surface area contributed by atoms with Crippen molar-refractivity contribution in [2.75, 3.05) is 6.54 Å². The van der Waals surface area contributed by atoms with Gasteiger partial charge in [-0.3, -0.25) is 0 Å². The maximum Gasteiger partial charge on any atom is 0.0325 e. The third kappa shape index (κ3) is 3.82. The van der Waals surface area contributed by atoms with Crippen LogP contribution in [0.2, 0.25) is 0 Å². The van der Waals surface area contributed by atoms with Crippen LogP contribution < -0.4 is 5.32 Å². The zero-order chi connectivity index (χ0) is 12.3. The molecular formula is C15H22BrN. The van der Waals surface area contributed by atoms with Crippen molar-refractivity contribution < 1.29 is 0 Å². The first kappa shape index (κ1) is 13.1. The molecule has 1 aliphatic carbocycles. The highest BCUT2D eigenvalue weighted by molar-refractivity contribution is 9.10. The average Bonchev–Trinajstić information content (AvgIpc) is 3.08. The van der Waals surface area contributed by atoms with Crippen molar-refractivity contribution in [3.63, 3.8) is 0 Å². The minimum absolute atomic E-state index is 0.551. The molecule has 0 bridgehead atoms. The molecule has 0 aromatic heterocycles. The number of hydrogen-bond acceptors (Lipinski definition) is 1. The molecule has 0 amide bonds. The normalized spacial score (nSPS) is 17.1. The zero-order valence-corrected chi connectivity index (χ0v) is 12.4. The molecule has 17 heavy (non-hydrogen) atoms. The van der Waals surface area contributed by atoms with Gasteiger partial charge in [-0.15, -0.1) is 0 Å². The standard InChI is InChI=1S/C15H22BrN/c1-3-8-17-15(10-12-4-5-12)14-7-6-13(16)9-11(14)2/h6-7,9,12,15,17H,3-5,8,10H2,1-2H3. The molecule has 0 heterocycles. The lowest BCUT2D eigenvalue weighted by Crippen LogP contribution is -2.23. The molecule has 94 valence electrons. The Morgan fingerprint density at radius 2 is 2.18 bits per heavy atom. The minimum Gasteiger partial charge on any atom is -0.310 e. The lowest BCUT2D eigenvalue weighted by molar-refractivity contribution is 0.472. The molecule has 0 saturated heterocycles. The van der Waals surface area contributed by atoms with Gasteiger partial charge in [-0.25, -0.2) is 0 Å². The molecule has 1 saturated carbocycles. The van der Waals surface area contributed by atoms with E-state index in [4.69, 9.17) is 0 Å². The van der Waals surface area contributed by atoms with E-state index in [9.17, 15) is 0 Å². The number of hydrogen-bond donors (Lipinski definition) is 1. The van der Waals surface area contributed by atoms with E-state index in [2.05, 4.69) is 53.3 Å². The highest BCUT2D eigenvalue weighted by atomic mass is 79.9. The predicted octanol–water partition coefficient (Wildman–Crippen LogP) is 4.60. The van der Waals surface area contributed by atoms with Gasteiger partial charge < -0.3 is 5.32 Å². The Morgan fingerprint density at radius 3 is 2.76 bits per heavy atom. The molecule has 1 unspecified atom stereocenters. The van der Waals surface area contributed by atoms with E-state index in [1.165, 1.54) is 41.3 Å². The first-order valence-corrected chi connectivity index (χ1v) is 7.49. The summed E-state index contributed by atoms with van der Waals surface area (Å²) in [5.41, 5.74) is 2.88. The number of benzene rings is 1. The second kappa shape index (κ2) is 6.01. The molecule has 1 nitrogen and oxygen atoms in total. The Bertz CT molecular complexity index is 371. The predicted molar refractivity (Wildman–Crippen MR) is 77.3 cm³/mol. The van der Waals surface area contributed by atoms with Gasteiger partial charge in [0.15, 0.2) is 0 Å². The van der Waals surface area contributed by atoms with Crippen molar-refractivity contribution >= 4 is 15.9 Å². The van der Waals surface area contributed by atoms with Crippen molar-refractivity contribution in [1.82, 2.24) is 5.32 Å². The summed E-state index contributed by atoms with van der Waals surface area (Å²) >= 11 is 3.54. The monoisotopic (exact) mass is 295 g/mol.